The largest absolute Gasteiger partial charge is 0.464 e. The van der Waals surface area contributed by atoms with Crippen LogP contribution < -0.4 is 5.32 Å². The van der Waals surface area contributed by atoms with Gasteiger partial charge in [0.1, 0.15) is 11.9 Å². The molecule has 1 aliphatic heterocycles. The van der Waals surface area contributed by atoms with E-state index in [2.05, 4.69) is 10.3 Å². The van der Waals surface area contributed by atoms with Crippen LogP contribution in [-0.4, -0.2) is 54.0 Å². The molecule has 6 nitrogen and oxygen atoms in total. The minimum absolute atomic E-state index is 0.126. The van der Waals surface area contributed by atoms with Crippen molar-refractivity contribution < 1.29 is 18.7 Å². The van der Waals surface area contributed by atoms with E-state index >= 15 is 0 Å². The van der Waals surface area contributed by atoms with Gasteiger partial charge in [0.15, 0.2) is 0 Å². The summed E-state index contributed by atoms with van der Waals surface area (Å²) in [5, 5.41) is 3.04. The lowest BCUT2D eigenvalue weighted by molar-refractivity contribution is -0.149. The Labute approximate surface area is 115 Å². The summed E-state index contributed by atoms with van der Waals surface area (Å²) in [7, 11) is 0. The van der Waals surface area contributed by atoms with Crippen LogP contribution in [0, 0.1) is 5.82 Å². The number of ether oxygens (including phenoxy) is 1. The van der Waals surface area contributed by atoms with Gasteiger partial charge in [-0.2, -0.15) is 0 Å². The van der Waals surface area contributed by atoms with Crippen LogP contribution in [0.25, 0.3) is 0 Å². The molecule has 1 amide bonds. The first-order valence-corrected chi connectivity index (χ1v) is 6.42. The molecule has 7 heteroatoms. The van der Waals surface area contributed by atoms with E-state index in [9.17, 15) is 14.0 Å². The second kappa shape index (κ2) is 6.42. The van der Waals surface area contributed by atoms with Gasteiger partial charge >= 0.3 is 5.97 Å². The molecule has 0 spiro atoms. The summed E-state index contributed by atoms with van der Waals surface area (Å²) >= 11 is 0. The van der Waals surface area contributed by atoms with E-state index in [4.69, 9.17) is 4.74 Å². The highest BCUT2D eigenvalue weighted by Crippen LogP contribution is 2.12. The number of amides is 1. The minimum atomic E-state index is -0.695. The van der Waals surface area contributed by atoms with Crippen LogP contribution in [-0.2, 0) is 9.53 Å². The van der Waals surface area contributed by atoms with Crippen LogP contribution in [0.1, 0.15) is 17.3 Å². The van der Waals surface area contributed by atoms with Gasteiger partial charge in [-0.3, -0.25) is 9.78 Å². The Morgan fingerprint density at radius 3 is 3.05 bits per heavy atom. The summed E-state index contributed by atoms with van der Waals surface area (Å²) in [6.07, 6.45) is 2.31. The number of rotatable bonds is 3. The standard InChI is InChI=1S/C13H16FN3O3/c1-2-20-13(19)11-8-15-3-4-17(11)12(18)9-5-10(14)7-16-6-9/h5-7,11,15H,2-4,8H2,1H3. The molecule has 1 aliphatic rings. The van der Waals surface area contributed by atoms with Crippen LogP contribution in [0.3, 0.4) is 0 Å². The molecule has 1 fully saturated rings. The fourth-order valence-corrected chi connectivity index (χ4v) is 2.09. The molecule has 20 heavy (non-hydrogen) atoms. The van der Waals surface area contributed by atoms with Crippen LogP contribution in [0.15, 0.2) is 18.5 Å². The number of nitrogens with zero attached hydrogens (tertiary/aromatic N) is 2. The Kier molecular flexibility index (Phi) is 4.62. The topological polar surface area (TPSA) is 71.5 Å². The number of hydrogen-bond donors (Lipinski definition) is 1. The number of esters is 1. The van der Waals surface area contributed by atoms with Crippen LogP contribution in [0.4, 0.5) is 4.39 Å². The van der Waals surface area contributed by atoms with Crippen molar-refractivity contribution in [1.29, 1.82) is 0 Å². The van der Waals surface area contributed by atoms with E-state index in [0.29, 0.717) is 19.6 Å². The van der Waals surface area contributed by atoms with Crippen LogP contribution >= 0.6 is 0 Å². The van der Waals surface area contributed by atoms with Crippen molar-refractivity contribution in [2.45, 2.75) is 13.0 Å². The molecule has 1 aromatic heterocycles. The Bertz CT molecular complexity index is 509. The van der Waals surface area contributed by atoms with Gasteiger partial charge in [-0.25, -0.2) is 9.18 Å². The molecule has 108 valence electrons. The number of halogens is 1. The third kappa shape index (κ3) is 3.11. The van der Waals surface area contributed by atoms with Gasteiger partial charge in [0, 0.05) is 25.8 Å². The summed E-state index contributed by atoms with van der Waals surface area (Å²) in [5.41, 5.74) is 0.126. The maximum atomic E-state index is 13.1. The van der Waals surface area contributed by atoms with Crippen molar-refractivity contribution in [3.05, 3.63) is 29.8 Å². The average Bonchev–Trinajstić information content (AvgIpc) is 2.47. The SMILES string of the molecule is CCOC(=O)C1CNCCN1C(=O)c1cncc(F)c1. The summed E-state index contributed by atoms with van der Waals surface area (Å²) < 4.78 is 18.1. The Morgan fingerprint density at radius 2 is 2.35 bits per heavy atom. The molecule has 1 atom stereocenters. The summed E-state index contributed by atoms with van der Waals surface area (Å²) in [5.74, 6) is -1.47. The van der Waals surface area contributed by atoms with E-state index in [1.165, 1.54) is 11.1 Å². The number of piperazine rings is 1. The van der Waals surface area contributed by atoms with Gasteiger partial charge in [0.25, 0.3) is 5.91 Å². The molecule has 1 unspecified atom stereocenters. The monoisotopic (exact) mass is 281 g/mol. The van der Waals surface area contributed by atoms with Gasteiger partial charge < -0.3 is 15.0 Å². The second-order valence-electron chi connectivity index (χ2n) is 4.36. The van der Waals surface area contributed by atoms with Crippen molar-refractivity contribution in [1.82, 2.24) is 15.2 Å². The molecular formula is C13H16FN3O3. The Hall–Kier alpha value is -2.02. The van der Waals surface area contributed by atoms with Crippen molar-refractivity contribution in [2.24, 2.45) is 0 Å². The molecule has 1 saturated heterocycles. The van der Waals surface area contributed by atoms with Gasteiger partial charge in [-0.1, -0.05) is 0 Å². The molecule has 2 heterocycles. The van der Waals surface area contributed by atoms with Crippen molar-refractivity contribution >= 4 is 11.9 Å². The van der Waals surface area contributed by atoms with Gasteiger partial charge in [0.05, 0.1) is 18.4 Å². The average molecular weight is 281 g/mol. The second-order valence-corrected chi connectivity index (χ2v) is 4.36. The first-order valence-electron chi connectivity index (χ1n) is 6.42. The van der Waals surface area contributed by atoms with E-state index in [1.807, 2.05) is 0 Å². The molecule has 0 radical (unpaired) electrons. The zero-order valence-electron chi connectivity index (χ0n) is 11.1. The fraction of sp³-hybridized carbons (Fsp3) is 0.462. The smallest absolute Gasteiger partial charge is 0.330 e. The van der Waals surface area contributed by atoms with E-state index < -0.39 is 23.7 Å². The molecule has 0 saturated carbocycles. The third-order valence-electron chi connectivity index (χ3n) is 3.01. The fourth-order valence-electron chi connectivity index (χ4n) is 2.09. The number of nitrogens with one attached hydrogen (secondary N) is 1. The lowest BCUT2D eigenvalue weighted by Gasteiger charge is -2.34. The number of hydrogen-bond acceptors (Lipinski definition) is 5. The van der Waals surface area contributed by atoms with Crippen molar-refractivity contribution in [2.75, 3.05) is 26.2 Å². The maximum absolute atomic E-state index is 13.1. The quantitative estimate of drug-likeness (QED) is 0.801. The van der Waals surface area contributed by atoms with E-state index in [-0.39, 0.29) is 12.2 Å². The van der Waals surface area contributed by atoms with Crippen molar-refractivity contribution in [3.63, 3.8) is 0 Å². The molecule has 1 N–H and O–H groups in total. The van der Waals surface area contributed by atoms with Gasteiger partial charge in [-0.05, 0) is 13.0 Å². The molecular weight excluding hydrogens is 265 g/mol. The summed E-state index contributed by atoms with van der Waals surface area (Å²) in [6, 6.07) is 0.416. The normalized spacial score (nSPS) is 18.7. The number of carbonyl (C=O) groups excluding carboxylic acids is 2. The first-order chi connectivity index (χ1) is 9.63. The van der Waals surface area contributed by atoms with Crippen LogP contribution in [0.2, 0.25) is 0 Å². The summed E-state index contributed by atoms with van der Waals surface area (Å²) in [6.45, 7) is 3.21. The number of aromatic nitrogens is 1. The number of pyridine rings is 1. The lowest BCUT2D eigenvalue weighted by Crippen LogP contribution is -2.57. The van der Waals surface area contributed by atoms with Gasteiger partial charge in [-0.15, -0.1) is 0 Å². The highest BCUT2D eigenvalue weighted by molar-refractivity contribution is 5.96. The highest BCUT2D eigenvalue weighted by atomic mass is 19.1. The predicted molar refractivity (Wildman–Crippen MR) is 68.5 cm³/mol. The molecule has 0 aromatic carbocycles. The number of carbonyl (C=O) groups is 2. The predicted octanol–water partition coefficient (Wildman–Crippen LogP) is 0.198. The van der Waals surface area contributed by atoms with Crippen LogP contribution in [0.5, 0.6) is 0 Å². The highest BCUT2D eigenvalue weighted by Gasteiger charge is 2.33. The Balaban J connectivity index is 2.19. The molecule has 0 bridgehead atoms. The lowest BCUT2D eigenvalue weighted by atomic mass is 10.1. The zero-order chi connectivity index (χ0) is 14.5. The molecule has 2 rings (SSSR count). The van der Waals surface area contributed by atoms with Gasteiger partial charge in [0.2, 0.25) is 0 Å². The zero-order valence-corrected chi connectivity index (χ0v) is 11.1. The van der Waals surface area contributed by atoms with E-state index in [1.54, 1.807) is 6.92 Å². The molecule has 0 aliphatic carbocycles. The van der Waals surface area contributed by atoms with E-state index in [0.717, 1.165) is 12.3 Å². The molecule has 1 aromatic rings. The summed E-state index contributed by atoms with van der Waals surface area (Å²) in [4.78, 5) is 29.3. The van der Waals surface area contributed by atoms with Crippen molar-refractivity contribution in [3.8, 4) is 0 Å². The first kappa shape index (κ1) is 14.4. The Morgan fingerprint density at radius 1 is 1.55 bits per heavy atom. The third-order valence-corrected chi connectivity index (χ3v) is 3.01. The maximum Gasteiger partial charge on any atom is 0.330 e. The minimum Gasteiger partial charge on any atom is -0.464 e.